The van der Waals surface area contributed by atoms with Gasteiger partial charge in [0.2, 0.25) is 16.8 Å². The first kappa shape index (κ1) is 24.0. The van der Waals surface area contributed by atoms with Crippen LogP contribution in [0.15, 0.2) is 65.6 Å². The molecule has 1 saturated carbocycles. The Morgan fingerprint density at radius 1 is 1.00 bits per heavy atom. The van der Waals surface area contributed by atoms with Crippen molar-refractivity contribution in [3.05, 3.63) is 77.4 Å². The number of carboxylic acids is 1. The Bertz CT molecular complexity index is 1470. The molecule has 190 valence electrons. The Hall–Kier alpha value is -3.69. The normalized spacial score (nSPS) is 15.5. The van der Waals surface area contributed by atoms with E-state index in [1.54, 1.807) is 12.1 Å². The molecule has 2 aliphatic rings. The maximum atomic E-state index is 13.4. The average Bonchev–Trinajstić information content (AvgIpc) is 3.55. The van der Waals surface area contributed by atoms with E-state index in [1.165, 1.54) is 12.1 Å². The van der Waals surface area contributed by atoms with Gasteiger partial charge in [-0.05, 0) is 71.8 Å². The van der Waals surface area contributed by atoms with Gasteiger partial charge in [-0.1, -0.05) is 36.4 Å². The molecule has 1 heterocycles. The number of hydrogen-bond donors (Lipinski definition) is 2. The van der Waals surface area contributed by atoms with Gasteiger partial charge in [0.25, 0.3) is 0 Å². The predicted molar refractivity (Wildman–Crippen MR) is 136 cm³/mol. The summed E-state index contributed by atoms with van der Waals surface area (Å²) in [6, 6.07) is 17.8. The molecule has 0 bridgehead atoms. The Labute approximate surface area is 211 Å². The van der Waals surface area contributed by atoms with E-state index < -0.39 is 28.0 Å². The summed E-state index contributed by atoms with van der Waals surface area (Å²) in [5.41, 5.74) is 4.03. The number of Topliss-reactive ketones (excluding diaryl/α,β-unsaturated/α-hetero) is 1. The summed E-state index contributed by atoms with van der Waals surface area (Å²) in [6.45, 7) is 1.46. The molecule has 0 amide bonds. The summed E-state index contributed by atoms with van der Waals surface area (Å²) in [5.74, 6) is 0.264. The zero-order valence-electron chi connectivity index (χ0n) is 19.6. The van der Waals surface area contributed by atoms with Gasteiger partial charge in [-0.15, -0.1) is 0 Å². The standard InChI is InChI=1S/C27H25NO7S.2H2/c1-17-2-3-18(12-22(17)19-4-7-21(8-5-19)36(32,33)28-15-26(30)31)13-25(29)27(10-11-27)20-6-9-23-24(14-20)35-16-34-23;;/h2-9,12,14,28H,10-11,13,15-16H2,1H3,(H,30,31);2*1H. The van der Waals surface area contributed by atoms with Crippen molar-refractivity contribution >= 4 is 21.8 Å². The van der Waals surface area contributed by atoms with Gasteiger partial charge in [0, 0.05) is 9.27 Å². The molecule has 9 heteroatoms. The first-order chi connectivity index (χ1) is 17.2. The van der Waals surface area contributed by atoms with Crippen LogP contribution in [-0.2, 0) is 31.4 Å². The number of fused-ring (bicyclic) bond motifs is 1. The van der Waals surface area contributed by atoms with Gasteiger partial charge in [-0.2, -0.15) is 4.72 Å². The van der Waals surface area contributed by atoms with Crippen LogP contribution in [0.4, 0.5) is 0 Å². The summed E-state index contributed by atoms with van der Waals surface area (Å²) in [5, 5.41) is 8.73. The Morgan fingerprint density at radius 3 is 2.42 bits per heavy atom. The fraction of sp³-hybridized carbons (Fsp3) is 0.259. The highest BCUT2D eigenvalue weighted by Gasteiger charge is 2.50. The number of aliphatic carboxylic acids is 1. The molecule has 2 N–H and O–H groups in total. The van der Waals surface area contributed by atoms with E-state index in [9.17, 15) is 18.0 Å². The summed E-state index contributed by atoms with van der Waals surface area (Å²) >= 11 is 0. The molecule has 0 unspecified atom stereocenters. The van der Waals surface area contributed by atoms with Gasteiger partial charge >= 0.3 is 5.97 Å². The maximum absolute atomic E-state index is 13.4. The van der Waals surface area contributed by atoms with E-state index in [1.807, 2.05) is 48.0 Å². The lowest BCUT2D eigenvalue weighted by molar-refractivity contribution is -0.135. The van der Waals surface area contributed by atoms with Crippen molar-refractivity contribution in [2.45, 2.75) is 36.5 Å². The van der Waals surface area contributed by atoms with E-state index >= 15 is 0 Å². The van der Waals surface area contributed by atoms with Crippen LogP contribution < -0.4 is 14.2 Å². The number of hydrogen-bond acceptors (Lipinski definition) is 6. The number of nitrogens with one attached hydrogen (secondary N) is 1. The molecule has 5 rings (SSSR count). The van der Waals surface area contributed by atoms with Crippen molar-refractivity contribution in [2.75, 3.05) is 13.3 Å². The van der Waals surface area contributed by atoms with Gasteiger partial charge in [-0.3, -0.25) is 9.59 Å². The second-order valence-corrected chi connectivity index (χ2v) is 10.9. The quantitative estimate of drug-likeness (QED) is 0.444. The zero-order valence-corrected chi connectivity index (χ0v) is 20.4. The number of benzene rings is 3. The molecule has 3 aromatic rings. The molecule has 0 atom stereocenters. The number of aryl methyl sites for hydroxylation is 1. The lowest BCUT2D eigenvalue weighted by Gasteiger charge is -2.16. The number of ketones is 1. The lowest BCUT2D eigenvalue weighted by Crippen LogP contribution is -2.29. The number of rotatable bonds is 9. The molecule has 0 saturated heterocycles. The molecule has 1 aliphatic carbocycles. The summed E-state index contributed by atoms with van der Waals surface area (Å²) in [7, 11) is -3.92. The first-order valence-corrected chi connectivity index (χ1v) is 13.0. The third-order valence-electron chi connectivity index (χ3n) is 6.76. The summed E-state index contributed by atoms with van der Waals surface area (Å²) in [4.78, 5) is 24.1. The average molecular weight is 512 g/mol. The maximum Gasteiger partial charge on any atom is 0.318 e. The molecule has 8 nitrogen and oxygen atoms in total. The van der Waals surface area contributed by atoms with E-state index in [4.69, 9.17) is 14.6 Å². The fourth-order valence-corrected chi connectivity index (χ4v) is 5.52. The number of ether oxygens (including phenoxy) is 2. The fourth-order valence-electron chi connectivity index (χ4n) is 4.55. The summed E-state index contributed by atoms with van der Waals surface area (Å²) in [6.07, 6.45) is 1.89. The predicted octanol–water partition coefficient (Wildman–Crippen LogP) is 4.09. The van der Waals surface area contributed by atoms with E-state index in [0.717, 1.165) is 40.7 Å². The number of carboxylic acid groups (broad SMARTS) is 1. The molecule has 0 radical (unpaired) electrons. The first-order valence-electron chi connectivity index (χ1n) is 11.5. The SMILES string of the molecule is Cc1ccc(CC(=O)C2(c3ccc4c(c3)OCO4)CC2)cc1-c1ccc(S(=O)(=O)NCC(=O)O)cc1.[HH].[HH]. The van der Waals surface area contributed by atoms with Gasteiger partial charge < -0.3 is 14.6 Å². The molecule has 3 aromatic carbocycles. The van der Waals surface area contributed by atoms with Crippen molar-refractivity contribution in [1.82, 2.24) is 4.72 Å². The van der Waals surface area contributed by atoms with Crippen LogP contribution in [0.25, 0.3) is 11.1 Å². The molecular formula is C27H29NO7S. The molecule has 1 fully saturated rings. The van der Waals surface area contributed by atoms with Gasteiger partial charge in [0.15, 0.2) is 11.5 Å². The van der Waals surface area contributed by atoms with Gasteiger partial charge in [0.1, 0.15) is 12.3 Å². The highest BCUT2D eigenvalue weighted by molar-refractivity contribution is 7.89. The Balaban J connectivity index is 0.00000200. The van der Waals surface area contributed by atoms with Crippen LogP contribution in [0.2, 0.25) is 0 Å². The third kappa shape index (κ3) is 4.59. The van der Waals surface area contributed by atoms with Crippen LogP contribution in [0, 0.1) is 6.92 Å². The van der Waals surface area contributed by atoms with Crippen LogP contribution in [0.1, 0.15) is 32.4 Å². The number of carbonyl (C=O) groups is 2. The van der Waals surface area contributed by atoms with Gasteiger partial charge in [0.05, 0.1) is 10.3 Å². The molecule has 1 aliphatic heterocycles. The monoisotopic (exact) mass is 511 g/mol. The van der Waals surface area contributed by atoms with E-state index in [-0.39, 0.29) is 26.7 Å². The lowest BCUT2D eigenvalue weighted by atomic mass is 9.87. The van der Waals surface area contributed by atoms with Crippen molar-refractivity contribution in [3.63, 3.8) is 0 Å². The van der Waals surface area contributed by atoms with Crippen LogP contribution in [-0.4, -0.2) is 38.6 Å². The molecule has 0 aromatic heterocycles. The number of sulfonamides is 1. The van der Waals surface area contributed by atoms with Crippen molar-refractivity contribution in [1.29, 1.82) is 0 Å². The minimum absolute atomic E-state index is 0. The minimum Gasteiger partial charge on any atom is -0.480 e. The van der Waals surface area contributed by atoms with Crippen LogP contribution in [0.5, 0.6) is 11.5 Å². The zero-order chi connectivity index (χ0) is 25.5. The van der Waals surface area contributed by atoms with E-state index in [2.05, 4.69) is 0 Å². The highest BCUT2D eigenvalue weighted by atomic mass is 32.2. The Morgan fingerprint density at radius 2 is 1.72 bits per heavy atom. The molecular weight excluding hydrogens is 482 g/mol. The van der Waals surface area contributed by atoms with Crippen LogP contribution in [0.3, 0.4) is 0 Å². The number of carbonyl (C=O) groups excluding carboxylic acids is 1. The van der Waals surface area contributed by atoms with Crippen molar-refractivity contribution in [3.8, 4) is 22.6 Å². The molecule has 0 spiro atoms. The van der Waals surface area contributed by atoms with Crippen molar-refractivity contribution < 1.29 is 35.4 Å². The van der Waals surface area contributed by atoms with Crippen LogP contribution >= 0.6 is 0 Å². The topological polar surface area (TPSA) is 119 Å². The largest absolute Gasteiger partial charge is 0.480 e. The van der Waals surface area contributed by atoms with E-state index in [0.29, 0.717) is 11.5 Å². The highest BCUT2D eigenvalue weighted by Crippen LogP contribution is 2.51. The van der Waals surface area contributed by atoms with Gasteiger partial charge in [-0.25, -0.2) is 8.42 Å². The second-order valence-electron chi connectivity index (χ2n) is 9.14. The minimum atomic E-state index is -3.92. The van der Waals surface area contributed by atoms with Crippen molar-refractivity contribution in [2.24, 2.45) is 0 Å². The third-order valence-corrected chi connectivity index (χ3v) is 8.18. The Kier molecular flexibility index (Phi) is 6.05. The summed E-state index contributed by atoms with van der Waals surface area (Å²) < 4.78 is 37.5. The second kappa shape index (κ2) is 9.07. The smallest absolute Gasteiger partial charge is 0.318 e. The molecule has 36 heavy (non-hydrogen) atoms.